The number of carbonyl (C=O) groups is 1. The van der Waals surface area contributed by atoms with Crippen molar-refractivity contribution in [1.82, 2.24) is 9.97 Å². The number of aromatic nitrogens is 2. The molecule has 0 radical (unpaired) electrons. The Morgan fingerprint density at radius 3 is 2.72 bits per heavy atom. The maximum absolute atomic E-state index is 13.3. The summed E-state index contributed by atoms with van der Waals surface area (Å²) in [7, 11) is 1.62. The number of ether oxygens (including phenoxy) is 1. The number of benzene rings is 2. The SMILES string of the molecule is COc1ccc(C)c2sc(N(Cc3cccnc3)C(=O)CCSc3ccc(F)cc3)nc12. The molecule has 2 aromatic carbocycles. The van der Waals surface area contributed by atoms with E-state index >= 15 is 0 Å². The van der Waals surface area contributed by atoms with Crippen LogP contribution in [0.1, 0.15) is 17.5 Å². The van der Waals surface area contributed by atoms with Crippen LogP contribution in [0.25, 0.3) is 10.2 Å². The van der Waals surface area contributed by atoms with E-state index in [1.807, 2.05) is 31.2 Å². The fourth-order valence-electron chi connectivity index (χ4n) is 3.24. The lowest BCUT2D eigenvalue weighted by Gasteiger charge is -2.20. The monoisotopic (exact) mass is 467 g/mol. The van der Waals surface area contributed by atoms with Gasteiger partial charge in [-0.15, -0.1) is 11.8 Å². The van der Waals surface area contributed by atoms with E-state index in [0.717, 1.165) is 26.2 Å². The van der Waals surface area contributed by atoms with E-state index in [9.17, 15) is 9.18 Å². The number of anilines is 1. The lowest BCUT2D eigenvalue weighted by molar-refractivity contribution is -0.118. The number of methoxy groups -OCH3 is 1. The van der Waals surface area contributed by atoms with Gasteiger partial charge < -0.3 is 4.74 Å². The third kappa shape index (κ3) is 5.08. The van der Waals surface area contributed by atoms with Crippen molar-refractivity contribution in [3.63, 3.8) is 0 Å². The number of amides is 1. The number of pyridine rings is 1. The molecule has 0 aliphatic rings. The molecule has 0 aliphatic heterocycles. The quantitative estimate of drug-likeness (QED) is 0.304. The van der Waals surface area contributed by atoms with Gasteiger partial charge in [0.05, 0.1) is 18.4 Å². The molecule has 1 amide bonds. The Morgan fingerprint density at radius 1 is 1.19 bits per heavy atom. The summed E-state index contributed by atoms with van der Waals surface area (Å²) >= 11 is 3.01. The third-order valence-corrected chi connectivity index (χ3v) is 7.13. The van der Waals surface area contributed by atoms with E-state index < -0.39 is 0 Å². The fraction of sp³-hybridized carbons (Fsp3) is 0.208. The second kappa shape index (κ2) is 10.1. The lowest BCUT2D eigenvalue weighted by atomic mass is 10.2. The molecule has 32 heavy (non-hydrogen) atoms. The van der Waals surface area contributed by atoms with Crippen molar-refractivity contribution in [2.45, 2.75) is 24.8 Å². The van der Waals surface area contributed by atoms with E-state index in [-0.39, 0.29) is 11.7 Å². The highest BCUT2D eigenvalue weighted by atomic mass is 32.2. The average Bonchev–Trinajstić information content (AvgIpc) is 3.26. The topological polar surface area (TPSA) is 55.3 Å². The van der Waals surface area contributed by atoms with Crippen molar-refractivity contribution in [3.8, 4) is 5.75 Å². The zero-order chi connectivity index (χ0) is 22.5. The highest BCUT2D eigenvalue weighted by molar-refractivity contribution is 7.99. The second-order valence-corrected chi connectivity index (χ2v) is 9.30. The first-order chi connectivity index (χ1) is 15.5. The minimum Gasteiger partial charge on any atom is -0.494 e. The molecule has 0 fully saturated rings. The Morgan fingerprint density at radius 2 is 2.00 bits per heavy atom. The summed E-state index contributed by atoms with van der Waals surface area (Å²) in [6.07, 6.45) is 3.79. The van der Waals surface area contributed by atoms with E-state index in [2.05, 4.69) is 4.98 Å². The molecule has 0 unspecified atom stereocenters. The maximum Gasteiger partial charge on any atom is 0.229 e. The zero-order valence-electron chi connectivity index (χ0n) is 17.7. The molecule has 164 valence electrons. The average molecular weight is 468 g/mol. The Labute approximate surface area is 194 Å². The second-order valence-electron chi connectivity index (χ2n) is 7.15. The molecule has 4 rings (SSSR count). The number of halogens is 1. The third-order valence-electron chi connectivity index (χ3n) is 4.91. The van der Waals surface area contributed by atoms with Gasteiger partial charge in [-0.05, 0) is 54.4 Å². The molecule has 0 atom stereocenters. The van der Waals surface area contributed by atoms with Crippen molar-refractivity contribution < 1.29 is 13.9 Å². The molecule has 5 nitrogen and oxygen atoms in total. The van der Waals surface area contributed by atoms with E-state index in [1.54, 1.807) is 36.5 Å². The van der Waals surface area contributed by atoms with Gasteiger partial charge in [-0.1, -0.05) is 23.5 Å². The van der Waals surface area contributed by atoms with Crippen molar-refractivity contribution in [1.29, 1.82) is 0 Å². The van der Waals surface area contributed by atoms with Crippen molar-refractivity contribution in [2.75, 3.05) is 17.8 Å². The van der Waals surface area contributed by atoms with Crippen LogP contribution >= 0.6 is 23.1 Å². The van der Waals surface area contributed by atoms with Gasteiger partial charge in [0.25, 0.3) is 0 Å². The van der Waals surface area contributed by atoms with Gasteiger partial charge >= 0.3 is 0 Å². The predicted molar refractivity (Wildman–Crippen MR) is 128 cm³/mol. The number of hydrogen-bond donors (Lipinski definition) is 0. The summed E-state index contributed by atoms with van der Waals surface area (Å²) in [6.45, 7) is 2.41. The highest BCUT2D eigenvalue weighted by Crippen LogP contribution is 2.37. The summed E-state index contributed by atoms with van der Waals surface area (Å²) in [6, 6.07) is 14.0. The van der Waals surface area contributed by atoms with E-state index in [1.165, 1.54) is 35.2 Å². The molecular weight excluding hydrogens is 445 g/mol. The Hall–Kier alpha value is -2.97. The molecule has 0 bridgehead atoms. The number of aryl methyl sites for hydroxylation is 1. The summed E-state index contributed by atoms with van der Waals surface area (Å²) in [4.78, 5) is 24.9. The van der Waals surface area contributed by atoms with Crippen LogP contribution in [0.15, 0.2) is 65.8 Å². The molecule has 2 aromatic heterocycles. The molecule has 0 saturated heterocycles. The summed E-state index contributed by atoms with van der Waals surface area (Å²) in [5, 5.41) is 0.633. The van der Waals surface area contributed by atoms with Gasteiger partial charge in [0.15, 0.2) is 5.13 Å². The molecule has 2 heterocycles. The summed E-state index contributed by atoms with van der Waals surface area (Å²) in [5.74, 6) is 0.976. The lowest BCUT2D eigenvalue weighted by Crippen LogP contribution is -2.30. The maximum atomic E-state index is 13.3. The Kier molecular flexibility index (Phi) is 7.02. The van der Waals surface area contributed by atoms with Gasteiger partial charge in [-0.25, -0.2) is 9.37 Å². The van der Waals surface area contributed by atoms with Crippen LogP contribution in [0.2, 0.25) is 0 Å². The first-order valence-corrected chi connectivity index (χ1v) is 11.9. The molecule has 4 aromatic rings. The normalized spacial score (nSPS) is 11.0. The minimum absolute atomic E-state index is 0.0286. The number of fused-ring (bicyclic) bond motifs is 1. The summed E-state index contributed by atoms with van der Waals surface area (Å²) in [5.41, 5.74) is 2.78. The van der Waals surface area contributed by atoms with E-state index in [0.29, 0.717) is 29.6 Å². The van der Waals surface area contributed by atoms with Gasteiger partial charge in [-0.3, -0.25) is 14.7 Å². The molecule has 0 aliphatic carbocycles. The molecule has 0 saturated carbocycles. The van der Waals surface area contributed by atoms with Crippen molar-refractivity contribution in [2.24, 2.45) is 0 Å². The van der Waals surface area contributed by atoms with Crippen LogP contribution < -0.4 is 9.64 Å². The fourth-order valence-corrected chi connectivity index (χ4v) is 5.15. The standard InChI is InChI=1S/C24H22FN3O2S2/c1-16-5-10-20(30-2)22-23(16)32-24(27-22)28(15-17-4-3-12-26-14-17)21(29)11-13-31-19-8-6-18(25)7-9-19/h3-10,12,14H,11,13,15H2,1-2H3. The van der Waals surface area contributed by atoms with Crippen molar-refractivity contribution >= 4 is 44.4 Å². The van der Waals surface area contributed by atoms with Gasteiger partial charge in [-0.2, -0.15) is 0 Å². The van der Waals surface area contributed by atoms with Gasteiger partial charge in [0.2, 0.25) is 5.91 Å². The number of rotatable bonds is 8. The number of thioether (sulfide) groups is 1. The molecule has 0 spiro atoms. The zero-order valence-corrected chi connectivity index (χ0v) is 19.4. The van der Waals surface area contributed by atoms with Crippen LogP contribution in [0.4, 0.5) is 9.52 Å². The minimum atomic E-state index is -0.269. The van der Waals surface area contributed by atoms with Crippen LogP contribution in [-0.4, -0.2) is 28.7 Å². The van der Waals surface area contributed by atoms with Crippen molar-refractivity contribution in [3.05, 3.63) is 77.9 Å². The number of thiazole rings is 1. The summed E-state index contributed by atoms with van der Waals surface area (Å²) < 4.78 is 19.6. The predicted octanol–water partition coefficient (Wildman–Crippen LogP) is 5.86. The van der Waals surface area contributed by atoms with E-state index in [4.69, 9.17) is 9.72 Å². The highest BCUT2D eigenvalue weighted by Gasteiger charge is 2.22. The van der Waals surface area contributed by atoms with Crippen LogP contribution in [0.5, 0.6) is 5.75 Å². The Balaban J connectivity index is 1.58. The van der Waals surface area contributed by atoms with Gasteiger partial charge in [0, 0.05) is 29.5 Å². The van der Waals surface area contributed by atoms with Crippen LogP contribution in [0.3, 0.4) is 0 Å². The van der Waals surface area contributed by atoms with Crippen LogP contribution in [0, 0.1) is 12.7 Å². The molecule has 8 heteroatoms. The number of nitrogens with zero attached hydrogens (tertiary/aromatic N) is 3. The molecule has 0 N–H and O–H groups in total. The Bertz CT molecular complexity index is 1210. The largest absolute Gasteiger partial charge is 0.494 e. The number of carbonyl (C=O) groups excluding carboxylic acids is 1. The van der Waals surface area contributed by atoms with Crippen LogP contribution in [-0.2, 0) is 11.3 Å². The smallest absolute Gasteiger partial charge is 0.229 e. The number of hydrogen-bond acceptors (Lipinski definition) is 6. The first-order valence-electron chi connectivity index (χ1n) is 10.1. The van der Waals surface area contributed by atoms with Gasteiger partial charge in [0.1, 0.15) is 17.1 Å². The first kappa shape index (κ1) is 22.2. The molecular formula is C24H22FN3O2S2.